The molecule has 0 fully saturated rings. The zero-order chi connectivity index (χ0) is 9.97. The van der Waals surface area contributed by atoms with Crippen LogP contribution in [0.15, 0.2) is 30.5 Å². The maximum Gasteiger partial charge on any atom is 0.129 e. The van der Waals surface area contributed by atoms with E-state index in [0.717, 1.165) is 5.39 Å². The van der Waals surface area contributed by atoms with Crippen LogP contribution in [0.25, 0.3) is 10.9 Å². The Bertz CT molecular complexity index is 454. The summed E-state index contributed by atoms with van der Waals surface area (Å²) in [7, 11) is 1.80. The molecule has 0 radical (unpaired) electrons. The Hall–Kier alpha value is -1.48. The molecule has 0 spiro atoms. The molecular formula is C11H11FN2. The quantitative estimate of drug-likeness (QED) is 0.784. The molecule has 2 aromatic rings. The molecule has 2 rings (SSSR count). The van der Waals surface area contributed by atoms with Gasteiger partial charge >= 0.3 is 0 Å². The van der Waals surface area contributed by atoms with Crippen molar-refractivity contribution in [3.8, 4) is 0 Å². The highest BCUT2D eigenvalue weighted by molar-refractivity contribution is 5.79. The number of pyridine rings is 1. The molecule has 0 atom stereocenters. The lowest BCUT2D eigenvalue weighted by Gasteiger charge is -2.04. The second kappa shape index (κ2) is 3.72. The minimum Gasteiger partial charge on any atom is -0.316 e. The molecule has 0 saturated carbocycles. The van der Waals surface area contributed by atoms with Gasteiger partial charge in [-0.1, -0.05) is 6.07 Å². The summed E-state index contributed by atoms with van der Waals surface area (Å²) in [4.78, 5) is 4.08. The topological polar surface area (TPSA) is 24.9 Å². The van der Waals surface area contributed by atoms with Crippen LogP contribution >= 0.6 is 0 Å². The zero-order valence-electron chi connectivity index (χ0n) is 7.92. The Balaban J connectivity index is 2.59. The third kappa shape index (κ3) is 1.59. The average Bonchev–Trinajstić information content (AvgIpc) is 2.19. The molecule has 0 aliphatic carbocycles. The number of nitrogens with one attached hydrogen (secondary N) is 1. The highest BCUT2D eigenvalue weighted by Gasteiger charge is 2.03. The van der Waals surface area contributed by atoms with Crippen molar-refractivity contribution >= 4 is 10.9 Å². The predicted octanol–water partition coefficient (Wildman–Crippen LogP) is 2.09. The minimum absolute atomic E-state index is 0.203. The molecule has 0 bridgehead atoms. The summed E-state index contributed by atoms with van der Waals surface area (Å²) in [5, 5.41) is 3.90. The number of fused-ring (bicyclic) bond motifs is 1. The van der Waals surface area contributed by atoms with Crippen LogP contribution in [0.1, 0.15) is 5.56 Å². The largest absolute Gasteiger partial charge is 0.316 e. The number of aromatic nitrogens is 1. The van der Waals surface area contributed by atoms with Gasteiger partial charge in [0.1, 0.15) is 5.82 Å². The molecule has 1 aromatic heterocycles. The SMILES string of the molecule is CNCc1cc2cccnc2cc1F. The van der Waals surface area contributed by atoms with Crippen LogP contribution in [0.3, 0.4) is 0 Å². The smallest absolute Gasteiger partial charge is 0.129 e. The van der Waals surface area contributed by atoms with Gasteiger partial charge in [-0.05, 0) is 19.2 Å². The first kappa shape index (κ1) is 9.09. The Morgan fingerprint density at radius 3 is 3.07 bits per heavy atom. The van der Waals surface area contributed by atoms with E-state index in [-0.39, 0.29) is 5.82 Å². The summed E-state index contributed by atoms with van der Waals surface area (Å²) in [6.07, 6.45) is 1.67. The van der Waals surface area contributed by atoms with E-state index in [1.165, 1.54) is 6.07 Å². The molecular weight excluding hydrogens is 179 g/mol. The molecule has 72 valence electrons. The van der Waals surface area contributed by atoms with E-state index in [2.05, 4.69) is 10.3 Å². The first-order chi connectivity index (χ1) is 6.81. The summed E-state index contributed by atoms with van der Waals surface area (Å²) >= 11 is 0. The minimum atomic E-state index is -0.203. The number of nitrogens with zero attached hydrogens (tertiary/aromatic N) is 1. The lowest BCUT2D eigenvalue weighted by Crippen LogP contribution is -2.06. The summed E-state index contributed by atoms with van der Waals surface area (Å²) < 4.78 is 13.4. The third-order valence-corrected chi connectivity index (χ3v) is 2.14. The van der Waals surface area contributed by atoms with E-state index < -0.39 is 0 Å². The Labute approximate surface area is 81.8 Å². The Morgan fingerprint density at radius 1 is 1.43 bits per heavy atom. The van der Waals surface area contributed by atoms with Crippen molar-refractivity contribution in [1.82, 2.24) is 10.3 Å². The van der Waals surface area contributed by atoms with E-state index in [4.69, 9.17) is 0 Å². The van der Waals surface area contributed by atoms with Crippen LogP contribution in [0.2, 0.25) is 0 Å². The van der Waals surface area contributed by atoms with E-state index in [1.54, 1.807) is 13.2 Å². The van der Waals surface area contributed by atoms with Crippen LogP contribution in [0, 0.1) is 5.82 Å². The average molecular weight is 190 g/mol. The van der Waals surface area contributed by atoms with Crippen molar-refractivity contribution in [3.63, 3.8) is 0 Å². The predicted molar refractivity (Wildman–Crippen MR) is 54.5 cm³/mol. The molecule has 0 aliphatic rings. The highest BCUT2D eigenvalue weighted by atomic mass is 19.1. The van der Waals surface area contributed by atoms with E-state index in [9.17, 15) is 4.39 Å². The molecule has 0 unspecified atom stereocenters. The van der Waals surface area contributed by atoms with Crippen molar-refractivity contribution in [3.05, 3.63) is 41.8 Å². The number of hydrogen-bond acceptors (Lipinski definition) is 2. The Morgan fingerprint density at radius 2 is 2.29 bits per heavy atom. The highest BCUT2D eigenvalue weighted by Crippen LogP contribution is 2.16. The molecule has 1 aromatic carbocycles. The standard InChI is InChI=1S/C11H11FN2/c1-13-7-9-5-8-3-2-4-14-11(8)6-10(9)12/h2-6,13H,7H2,1H3. The molecule has 2 nitrogen and oxygen atoms in total. The number of hydrogen-bond donors (Lipinski definition) is 1. The molecule has 14 heavy (non-hydrogen) atoms. The summed E-state index contributed by atoms with van der Waals surface area (Å²) in [5.74, 6) is -0.203. The lowest BCUT2D eigenvalue weighted by molar-refractivity contribution is 0.602. The number of rotatable bonds is 2. The molecule has 3 heteroatoms. The second-order valence-electron chi connectivity index (χ2n) is 3.17. The van der Waals surface area contributed by atoms with Gasteiger partial charge in [0.15, 0.2) is 0 Å². The van der Waals surface area contributed by atoms with E-state index in [0.29, 0.717) is 17.6 Å². The summed E-state index contributed by atoms with van der Waals surface area (Å²) in [5.41, 5.74) is 1.37. The first-order valence-electron chi connectivity index (χ1n) is 4.49. The van der Waals surface area contributed by atoms with E-state index >= 15 is 0 Å². The van der Waals surface area contributed by atoms with Gasteiger partial charge in [0.25, 0.3) is 0 Å². The fourth-order valence-electron chi connectivity index (χ4n) is 1.47. The van der Waals surface area contributed by atoms with Crippen molar-refractivity contribution in [2.45, 2.75) is 6.54 Å². The van der Waals surface area contributed by atoms with Crippen LogP contribution in [0.4, 0.5) is 4.39 Å². The van der Waals surface area contributed by atoms with Crippen molar-refractivity contribution in [1.29, 1.82) is 0 Å². The third-order valence-electron chi connectivity index (χ3n) is 2.14. The van der Waals surface area contributed by atoms with Gasteiger partial charge in [-0.2, -0.15) is 0 Å². The normalized spacial score (nSPS) is 10.7. The van der Waals surface area contributed by atoms with Gasteiger partial charge in [0.2, 0.25) is 0 Å². The maximum absolute atomic E-state index is 13.4. The van der Waals surface area contributed by atoms with Crippen molar-refractivity contribution < 1.29 is 4.39 Å². The first-order valence-corrected chi connectivity index (χ1v) is 4.49. The number of halogens is 1. The monoisotopic (exact) mass is 190 g/mol. The molecule has 0 amide bonds. The Kier molecular flexibility index (Phi) is 2.41. The van der Waals surface area contributed by atoms with Crippen LogP contribution in [-0.4, -0.2) is 12.0 Å². The fourth-order valence-corrected chi connectivity index (χ4v) is 1.47. The summed E-state index contributed by atoms with van der Waals surface area (Å²) in [6.45, 7) is 0.538. The van der Waals surface area contributed by atoms with Crippen molar-refractivity contribution in [2.24, 2.45) is 0 Å². The van der Waals surface area contributed by atoms with Gasteiger partial charge < -0.3 is 5.32 Å². The molecule has 1 heterocycles. The maximum atomic E-state index is 13.4. The van der Waals surface area contributed by atoms with Gasteiger partial charge in [-0.15, -0.1) is 0 Å². The lowest BCUT2D eigenvalue weighted by atomic mass is 10.1. The van der Waals surface area contributed by atoms with Crippen LogP contribution in [-0.2, 0) is 6.54 Å². The second-order valence-corrected chi connectivity index (χ2v) is 3.17. The van der Waals surface area contributed by atoms with Crippen molar-refractivity contribution in [2.75, 3.05) is 7.05 Å². The van der Waals surface area contributed by atoms with Crippen LogP contribution in [0.5, 0.6) is 0 Å². The number of benzene rings is 1. The molecule has 0 saturated heterocycles. The van der Waals surface area contributed by atoms with Gasteiger partial charge in [-0.3, -0.25) is 4.98 Å². The van der Waals surface area contributed by atoms with Crippen LogP contribution < -0.4 is 5.32 Å². The molecule has 1 N–H and O–H groups in total. The van der Waals surface area contributed by atoms with E-state index in [1.807, 2.05) is 18.2 Å². The fraction of sp³-hybridized carbons (Fsp3) is 0.182. The molecule has 0 aliphatic heterocycles. The van der Waals surface area contributed by atoms with Gasteiger partial charge in [0.05, 0.1) is 5.52 Å². The van der Waals surface area contributed by atoms with Gasteiger partial charge in [0, 0.05) is 29.8 Å². The van der Waals surface area contributed by atoms with Gasteiger partial charge in [-0.25, -0.2) is 4.39 Å². The zero-order valence-corrected chi connectivity index (χ0v) is 7.92. The summed E-state index contributed by atoms with van der Waals surface area (Å²) in [6, 6.07) is 7.08.